The predicted molar refractivity (Wildman–Crippen MR) is 59.8 cm³/mol. The van der Waals surface area contributed by atoms with Crippen molar-refractivity contribution in [2.45, 2.75) is 44.2 Å². The second kappa shape index (κ2) is 5.14. The van der Waals surface area contributed by atoms with Gasteiger partial charge in [-0.3, -0.25) is 0 Å². The molecule has 7 heteroatoms. The molecule has 1 saturated carbocycles. The maximum absolute atomic E-state index is 12.8. The van der Waals surface area contributed by atoms with Crippen LogP contribution in [0.25, 0.3) is 0 Å². The molecule has 4 nitrogen and oxygen atoms in total. The van der Waals surface area contributed by atoms with Gasteiger partial charge in [0, 0.05) is 12.1 Å². The highest BCUT2D eigenvalue weighted by Crippen LogP contribution is 2.34. The van der Waals surface area contributed by atoms with Gasteiger partial charge in [-0.05, 0) is 12.8 Å². The van der Waals surface area contributed by atoms with E-state index < -0.39 is 23.4 Å². The minimum absolute atomic E-state index is 0.0994. The molecule has 1 aromatic rings. The molecule has 0 amide bonds. The van der Waals surface area contributed by atoms with Crippen molar-refractivity contribution < 1.29 is 23.1 Å². The average Bonchev–Trinajstić information content (AvgIpc) is 2.38. The summed E-state index contributed by atoms with van der Waals surface area (Å²) < 4.78 is 38.4. The van der Waals surface area contributed by atoms with Crippen LogP contribution in [0.3, 0.4) is 0 Å². The van der Waals surface area contributed by atoms with Gasteiger partial charge in [-0.2, -0.15) is 13.2 Å². The number of hydrogen-bond acceptors (Lipinski definition) is 3. The fraction of sp³-hybridized carbons (Fsp3) is 0.583. The minimum Gasteiger partial charge on any atom is -0.478 e. The Hall–Kier alpha value is -1.66. The molecule has 0 bridgehead atoms. The lowest BCUT2D eigenvalue weighted by atomic mass is 9.88. The van der Waals surface area contributed by atoms with E-state index in [1.54, 1.807) is 0 Å². The number of hydrogen-bond donors (Lipinski definition) is 1. The largest absolute Gasteiger partial charge is 0.478 e. The number of rotatable bonds is 2. The van der Waals surface area contributed by atoms with Crippen LogP contribution < -0.4 is 0 Å². The summed E-state index contributed by atoms with van der Waals surface area (Å²) in [5, 5.41) is 8.75. The van der Waals surface area contributed by atoms with Gasteiger partial charge >= 0.3 is 12.1 Å². The molecule has 0 unspecified atom stereocenters. The van der Waals surface area contributed by atoms with Crippen LogP contribution in [-0.2, 0) is 6.18 Å². The molecule has 1 aliphatic carbocycles. The van der Waals surface area contributed by atoms with Gasteiger partial charge in [-0.15, -0.1) is 0 Å². The number of alkyl halides is 3. The zero-order valence-corrected chi connectivity index (χ0v) is 10.1. The van der Waals surface area contributed by atoms with E-state index in [4.69, 9.17) is 5.11 Å². The topological polar surface area (TPSA) is 63.1 Å². The molecule has 19 heavy (non-hydrogen) atoms. The highest BCUT2D eigenvalue weighted by molar-refractivity contribution is 5.88. The molecule has 104 valence electrons. The third-order valence-electron chi connectivity index (χ3n) is 3.28. The van der Waals surface area contributed by atoms with Crippen LogP contribution in [0.2, 0.25) is 0 Å². The molecule has 1 fully saturated rings. The van der Waals surface area contributed by atoms with E-state index in [1.807, 2.05) is 0 Å². The second-order valence-corrected chi connectivity index (χ2v) is 4.63. The summed E-state index contributed by atoms with van der Waals surface area (Å²) in [6.07, 6.45) is 0.442. The van der Waals surface area contributed by atoms with E-state index in [1.165, 1.54) is 0 Å². The highest BCUT2D eigenvalue weighted by atomic mass is 19.4. The maximum atomic E-state index is 12.8. The summed E-state index contributed by atoms with van der Waals surface area (Å²) >= 11 is 0. The third kappa shape index (κ3) is 3.02. The van der Waals surface area contributed by atoms with Crippen LogP contribution in [0.15, 0.2) is 6.20 Å². The number of aromatic carboxylic acids is 1. The van der Waals surface area contributed by atoms with Gasteiger partial charge in [-0.25, -0.2) is 14.8 Å². The minimum atomic E-state index is -4.78. The first-order valence-electron chi connectivity index (χ1n) is 6.07. The molecule has 1 aromatic heterocycles. The Kier molecular flexibility index (Phi) is 3.73. The Morgan fingerprint density at radius 2 is 1.89 bits per heavy atom. The van der Waals surface area contributed by atoms with Crippen molar-refractivity contribution in [2.75, 3.05) is 0 Å². The Bertz CT molecular complexity index is 482. The molecule has 0 saturated heterocycles. The summed E-state index contributed by atoms with van der Waals surface area (Å²) in [5.74, 6) is -1.66. The summed E-state index contributed by atoms with van der Waals surface area (Å²) in [6.45, 7) is 0. The highest BCUT2D eigenvalue weighted by Gasteiger charge is 2.38. The molecule has 1 aliphatic rings. The Morgan fingerprint density at radius 1 is 1.26 bits per heavy atom. The lowest BCUT2D eigenvalue weighted by molar-refractivity contribution is -0.142. The van der Waals surface area contributed by atoms with Crippen molar-refractivity contribution in [2.24, 2.45) is 0 Å². The molecule has 0 radical (unpaired) electrons. The predicted octanol–water partition coefficient (Wildman–Crippen LogP) is 3.24. The zero-order valence-electron chi connectivity index (χ0n) is 10.1. The fourth-order valence-corrected chi connectivity index (χ4v) is 2.33. The molecule has 0 aromatic carbocycles. The van der Waals surface area contributed by atoms with Crippen molar-refractivity contribution in [1.82, 2.24) is 9.97 Å². The Morgan fingerprint density at radius 3 is 2.42 bits per heavy atom. The quantitative estimate of drug-likeness (QED) is 0.899. The molecule has 1 heterocycles. The molecule has 1 N–H and O–H groups in total. The second-order valence-electron chi connectivity index (χ2n) is 4.63. The van der Waals surface area contributed by atoms with Crippen molar-refractivity contribution in [3.05, 3.63) is 23.3 Å². The van der Waals surface area contributed by atoms with Gasteiger partial charge < -0.3 is 5.11 Å². The van der Waals surface area contributed by atoms with E-state index in [9.17, 15) is 18.0 Å². The standard InChI is InChI=1S/C12H13F3N2O2/c13-12(14,15)9-8(11(18)19)6-16-10(17-9)7-4-2-1-3-5-7/h6-7H,1-5H2,(H,18,19). The molecule has 2 rings (SSSR count). The van der Waals surface area contributed by atoms with Gasteiger partial charge in [0.2, 0.25) is 0 Å². The fourth-order valence-electron chi connectivity index (χ4n) is 2.33. The number of aromatic nitrogens is 2. The Labute approximate surface area is 107 Å². The lowest BCUT2D eigenvalue weighted by Crippen LogP contribution is -2.19. The van der Waals surface area contributed by atoms with E-state index in [-0.39, 0.29) is 11.7 Å². The Balaban J connectivity index is 2.40. The molecular formula is C12H13F3N2O2. The van der Waals surface area contributed by atoms with Crippen LogP contribution in [0.4, 0.5) is 13.2 Å². The van der Waals surface area contributed by atoms with Crippen molar-refractivity contribution in [3.63, 3.8) is 0 Å². The van der Waals surface area contributed by atoms with Crippen LogP contribution in [0.1, 0.15) is 59.9 Å². The van der Waals surface area contributed by atoms with Gasteiger partial charge in [-0.1, -0.05) is 19.3 Å². The number of carboxylic acid groups (broad SMARTS) is 1. The van der Waals surface area contributed by atoms with Gasteiger partial charge in [0.15, 0.2) is 5.69 Å². The molecular weight excluding hydrogens is 261 g/mol. The van der Waals surface area contributed by atoms with Crippen molar-refractivity contribution >= 4 is 5.97 Å². The first-order chi connectivity index (χ1) is 8.89. The van der Waals surface area contributed by atoms with Crippen LogP contribution in [-0.4, -0.2) is 21.0 Å². The first kappa shape index (κ1) is 13.8. The third-order valence-corrected chi connectivity index (χ3v) is 3.28. The maximum Gasteiger partial charge on any atom is 0.434 e. The summed E-state index contributed by atoms with van der Waals surface area (Å²) in [6, 6.07) is 0. The SMILES string of the molecule is O=C(O)c1cnc(C2CCCCC2)nc1C(F)(F)F. The number of nitrogens with zero attached hydrogens (tertiary/aromatic N) is 2. The number of carbonyl (C=O) groups is 1. The molecule has 0 aliphatic heterocycles. The lowest BCUT2D eigenvalue weighted by Gasteiger charge is -2.21. The van der Waals surface area contributed by atoms with E-state index in [0.717, 1.165) is 38.3 Å². The van der Waals surface area contributed by atoms with E-state index in [2.05, 4.69) is 9.97 Å². The van der Waals surface area contributed by atoms with Crippen molar-refractivity contribution in [3.8, 4) is 0 Å². The van der Waals surface area contributed by atoms with Crippen LogP contribution in [0.5, 0.6) is 0 Å². The van der Waals surface area contributed by atoms with Gasteiger partial charge in [0.25, 0.3) is 0 Å². The monoisotopic (exact) mass is 274 g/mol. The summed E-state index contributed by atoms with van der Waals surface area (Å²) in [7, 11) is 0. The van der Waals surface area contributed by atoms with E-state index in [0.29, 0.717) is 0 Å². The zero-order chi connectivity index (χ0) is 14.0. The van der Waals surface area contributed by atoms with Gasteiger partial charge in [0.1, 0.15) is 11.4 Å². The number of carboxylic acids is 1. The van der Waals surface area contributed by atoms with Gasteiger partial charge in [0.05, 0.1) is 0 Å². The van der Waals surface area contributed by atoms with E-state index >= 15 is 0 Å². The van der Waals surface area contributed by atoms with Crippen molar-refractivity contribution in [1.29, 1.82) is 0 Å². The summed E-state index contributed by atoms with van der Waals surface area (Å²) in [4.78, 5) is 18.1. The summed E-state index contributed by atoms with van der Waals surface area (Å²) in [5.41, 5.74) is -2.25. The normalized spacial score (nSPS) is 17.4. The molecule has 0 atom stereocenters. The van der Waals surface area contributed by atoms with Crippen LogP contribution in [0, 0.1) is 0 Å². The first-order valence-corrected chi connectivity index (χ1v) is 6.07. The number of halogens is 3. The molecule has 0 spiro atoms. The van der Waals surface area contributed by atoms with Crippen LogP contribution >= 0.6 is 0 Å². The average molecular weight is 274 g/mol. The smallest absolute Gasteiger partial charge is 0.434 e.